The Hall–Kier alpha value is -1.78. The van der Waals surface area contributed by atoms with Gasteiger partial charge in [-0.1, -0.05) is 19.8 Å². The smallest absolute Gasteiger partial charge is 0.319 e. The standard InChI is InChI=1S/C13H21N3O2/c1-3-5-6-9-15-13(17)16-11-8-7-10-14-12(11)18-4-2/h7-8,10H,3-6,9H2,1-2H3,(H2,15,16,17). The van der Waals surface area contributed by atoms with Gasteiger partial charge in [0.05, 0.1) is 6.61 Å². The summed E-state index contributed by atoms with van der Waals surface area (Å²) >= 11 is 0. The Kier molecular flexibility index (Phi) is 6.61. The highest BCUT2D eigenvalue weighted by Gasteiger charge is 2.07. The first kappa shape index (κ1) is 14.3. The van der Waals surface area contributed by atoms with E-state index in [0.29, 0.717) is 24.7 Å². The van der Waals surface area contributed by atoms with Crippen molar-refractivity contribution in [2.24, 2.45) is 0 Å². The number of urea groups is 1. The van der Waals surface area contributed by atoms with Gasteiger partial charge in [-0.2, -0.15) is 0 Å². The van der Waals surface area contributed by atoms with E-state index in [-0.39, 0.29) is 6.03 Å². The van der Waals surface area contributed by atoms with Gasteiger partial charge in [-0.05, 0) is 25.5 Å². The summed E-state index contributed by atoms with van der Waals surface area (Å²) < 4.78 is 5.33. The van der Waals surface area contributed by atoms with Crippen LogP contribution in [0.2, 0.25) is 0 Å². The van der Waals surface area contributed by atoms with E-state index < -0.39 is 0 Å². The van der Waals surface area contributed by atoms with Crippen LogP contribution >= 0.6 is 0 Å². The lowest BCUT2D eigenvalue weighted by molar-refractivity contribution is 0.251. The average molecular weight is 251 g/mol. The summed E-state index contributed by atoms with van der Waals surface area (Å²) in [5, 5.41) is 5.54. The first-order chi connectivity index (χ1) is 8.77. The summed E-state index contributed by atoms with van der Waals surface area (Å²) in [6, 6.07) is 3.30. The number of nitrogens with zero attached hydrogens (tertiary/aromatic N) is 1. The zero-order valence-electron chi connectivity index (χ0n) is 11.0. The van der Waals surface area contributed by atoms with Crippen LogP contribution in [-0.2, 0) is 0 Å². The van der Waals surface area contributed by atoms with Crippen LogP contribution in [-0.4, -0.2) is 24.2 Å². The largest absolute Gasteiger partial charge is 0.476 e. The van der Waals surface area contributed by atoms with Crippen molar-refractivity contribution in [1.29, 1.82) is 0 Å². The number of ether oxygens (including phenoxy) is 1. The molecule has 0 saturated heterocycles. The molecule has 1 aromatic heterocycles. The highest BCUT2D eigenvalue weighted by molar-refractivity contribution is 5.90. The minimum Gasteiger partial charge on any atom is -0.476 e. The molecule has 100 valence electrons. The van der Waals surface area contributed by atoms with Gasteiger partial charge < -0.3 is 15.4 Å². The number of unbranched alkanes of at least 4 members (excludes halogenated alkanes) is 2. The molecule has 1 rings (SSSR count). The molecule has 18 heavy (non-hydrogen) atoms. The normalized spacial score (nSPS) is 9.89. The van der Waals surface area contributed by atoms with Gasteiger partial charge in [-0.15, -0.1) is 0 Å². The summed E-state index contributed by atoms with van der Waals surface area (Å²) in [5.74, 6) is 0.448. The van der Waals surface area contributed by atoms with Crippen molar-refractivity contribution in [3.05, 3.63) is 18.3 Å². The number of amides is 2. The molecule has 1 aromatic rings. The topological polar surface area (TPSA) is 63.2 Å². The molecule has 0 radical (unpaired) electrons. The second-order valence-corrected chi connectivity index (χ2v) is 3.88. The van der Waals surface area contributed by atoms with E-state index in [9.17, 15) is 4.79 Å². The molecule has 2 N–H and O–H groups in total. The van der Waals surface area contributed by atoms with Crippen LogP contribution in [0.4, 0.5) is 10.5 Å². The Morgan fingerprint density at radius 2 is 2.22 bits per heavy atom. The zero-order valence-corrected chi connectivity index (χ0v) is 11.0. The Bertz CT molecular complexity index is 369. The van der Waals surface area contributed by atoms with Gasteiger partial charge in [0.25, 0.3) is 0 Å². The number of hydrogen-bond donors (Lipinski definition) is 2. The van der Waals surface area contributed by atoms with E-state index >= 15 is 0 Å². The number of anilines is 1. The van der Waals surface area contributed by atoms with Crippen molar-refractivity contribution in [2.45, 2.75) is 33.1 Å². The van der Waals surface area contributed by atoms with Crippen molar-refractivity contribution in [2.75, 3.05) is 18.5 Å². The Balaban J connectivity index is 2.43. The second kappa shape index (κ2) is 8.33. The molecule has 0 spiro atoms. The Labute approximate surface area is 108 Å². The van der Waals surface area contributed by atoms with E-state index in [1.54, 1.807) is 18.3 Å². The van der Waals surface area contributed by atoms with Crippen LogP contribution < -0.4 is 15.4 Å². The average Bonchev–Trinajstić information content (AvgIpc) is 2.37. The van der Waals surface area contributed by atoms with Crippen molar-refractivity contribution >= 4 is 11.7 Å². The lowest BCUT2D eigenvalue weighted by Crippen LogP contribution is -2.29. The van der Waals surface area contributed by atoms with Gasteiger partial charge in [-0.3, -0.25) is 0 Å². The maximum Gasteiger partial charge on any atom is 0.319 e. The van der Waals surface area contributed by atoms with Gasteiger partial charge in [0, 0.05) is 12.7 Å². The van der Waals surface area contributed by atoms with E-state index in [1.807, 2.05) is 6.92 Å². The highest BCUT2D eigenvalue weighted by Crippen LogP contribution is 2.19. The highest BCUT2D eigenvalue weighted by atomic mass is 16.5. The molecule has 2 amide bonds. The lowest BCUT2D eigenvalue weighted by Gasteiger charge is -2.10. The third-order valence-corrected chi connectivity index (χ3v) is 2.37. The lowest BCUT2D eigenvalue weighted by atomic mass is 10.2. The maximum atomic E-state index is 11.6. The fourth-order valence-corrected chi connectivity index (χ4v) is 1.48. The van der Waals surface area contributed by atoms with Gasteiger partial charge in [0.15, 0.2) is 0 Å². The summed E-state index contributed by atoms with van der Waals surface area (Å²) in [7, 11) is 0. The monoisotopic (exact) mass is 251 g/mol. The predicted octanol–water partition coefficient (Wildman–Crippen LogP) is 2.79. The minimum atomic E-state index is -0.222. The number of carbonyl (C=O) groups is 1. The van der Waals surface area contributed by atoms with Crippen molar-refractivity contribution in [3.63, 3.8) is 0 Å². The zero-order chi connectivity index (χ0) is 13.2. The molecular formula is C13H21N3O2. The number of rotatable bonds is 7. The van der Waals surface area contributed by atoms with Crippen LogP contribution in [0.3, 0.4) is 0 Å². The molecule has 1 heterocycles. The number of carbonyl (C=O) groups excluding carboxylic acids is 1. The number of pyridine rings is 1. The van der Waals surface area contributed by atoms with Crippen molar-refractivity contribution in [3.8, 4) is 5.88 Å². The van der Waals surface area contributed by atoms with E-state index in [1.165, 1.54) is 0 Å². The molecule has 0 unspecified atom stereocenters. The quantitative estimate of drug-likeness (QED) is 0.732. The third kappa shape index (κ3) is 5.03. The molecule has 0 atom stereocenters. The molecule has 0 aliphatic carbocycles. The molecule has 0 aromatic carbocycles. The summed E-state index contributed by atoms with van der Waals surface area (Å²) in [5.41, 5.74) is 0.590. The first-order valence-corrected chi connectivity index (χ1v) is 6.40. The summed E-state index contributed by atoms with van der Waals surface area (Å²) in [6.45, 7) is 5.21. The fourth-order valence-electron chi connectivity index (χ4n) is 1.48. The molecule has 0 saturated carbocycles. The Morgan fingerprint density at radius 3 is 2.94 bits per heavy atom. The molecular weight excluding hydrogens is 230 g/mol. The van der Waals surface area contributed by atoms with Gasteiger partial charge in [0.1, 0.15) is 5.69 Å². The second-order valence-electron chi connectivity index (χ2n) is 3.88. The van der Waals surface area contributed by atoms with Crippen molar-refractivity contribution in [1.82, 2.24) is 10.3 Å². The van der Waals surface area contributed by atoms with Crippen LogP contribution in [0.5, 0.6) is 5.88 Å². The number of hydrogen-bond acceptors (Lipinski definition) is 3. The summed E-state index contributed by atoms with van der Waals surface area (Å²) in [4.78, 5) is 15.7. The number of nitrogens with one attached hydrogen (secondary N) is 2. The summed E-state index contributed by atoms with van der Waals surface area (Å²) in [6.07, 6.45) is 4.89. The van der Waals surface area contributed by atoms with Crippen LogP contribution in [0.25, 0.3) is 0 Å². The molecule has 0 fully saturated rings. The van der Waals surface area contributed by atoms with Crippen LogP contribution in [0.15, 0.2) is 18.3 Å². The van der Waals surface area contributed by atoms with E-state index in [2.05, 4.69) is 22.5 Å². The Morgan fingerprint density at radius 1 is 1.39 bits per heavy atom. The van der Waals surface area contributed by atoms with E-state index in [4.69, 9.17) is 4.74 Å². The van der Waals surface area contributed by atoms with Gasteiger partial charge in [-0.25, -0.2) is 9.78 Å². The molecule has 5 heteroatoms. The molecule has 5 nitrogen and oxygen atoms in total. The predicted molar refractivity (Wildman–Crippen MR) is 72.0 cm³/mol. The molecule has 0 aliphatic heterocycles. The maximum absolute atomic E-state index is 11.6. The van der Waals surface area contributed by atoms with Crippen molar-refractivity contribution < 1.29 is 9.53 Å². The fraction of sp³-hybridized carbons (Fsp3) is 0.538. The van der Waals surface area contributed by atoms with Crippen LogP contribution in [0.1, 0.15) is 33.1 Å². The molecule has 0 aliphatic rings. The van der Waals surface area contributed by atoms with Gasteiger partial charge in [0.2, 0.25) is 5.88 Å². The molecule has 0 bridgehead atoms. The van der Waals surface area contributed by atoms with E-state index in [0.717, 1.165) is 19.3 Å². The van der Waals surface area contributed by atoms with Gasteiger partial charge >= 0.3 is 6.03 Å². The SMILES string of the molecule is CCCCCNC(=O)Nc1cccnc1OCC. The minimum absolute atomic E-state index is 0.222. The van der Waals surface area contributed by atoms with Crippen LogP contribution in [0, 0.1) is 0 Å². The third-order valence-electron chi connectivity index (χ3n) is 2.37. The number of aromatic nitrogens is 1. The first-order valence-electron chi connectivity index (χ1n) is 6.40.